The summed E-state index contributed by atoms with van der Waals surface area (Å²) >= 11 is 0. The molecule has 0 amide bonds. The number of phosphoric acid groups is 1. The van der Waals surface area contributed by atoms with Crippen molar-refractivity contribution >= 4 is 19.8 Å². The van der Waals surface area contributed by atoms with Gasteiger partial charge < -0.3 is 18.9 Å². The van der Waals surface area contributed by atoms with Crippen LogP contribution in [-0.4, -0.2) is 74.9 Å². The highest BCUT2D eigenvalue weighted by Crippen LogP contribution is 2.43. The lowest BCUT2D eigenvalue weighted by molar-refractivity contribution is -0.870. The number of carbonyl (C=O) groups excluding carboxylic acids is 2. The van der Waals surface area contributed by atoms with Crippen molar-refractivity contribution in [3.05, 3.63) is 255 Å². The van der Waals surface area contributed by atoms with Gasteiger partial charge in [0, 0.05) is 12.8 Å². The van der Waals surface area contributed by atoms with E-state index in [1.807, 2.05) is 21.1 Å². The van der Waals surface area contributed by atoms with E-state index in [2.05, 4.69) is 269 Å². The third-order valence-corrected chi connectivity index (χ3v) is 15.5. The Balaban J connectivity index is 4.25. The minimum atomic E-state index is -4.43. The van der Waals surface area contributed by atoms with Gasteiger partial charge in [-0.1, -0.05) is 301 Å². The van der Waals surface area contributed by atoms with Gasteiger partial charge in [0.05, 0.1) is 27.7 Å². The van der Waals surface area contributed by atoms with Crippen LogP contribution in [0, 0.1) is 0 Å². The molecule has 10 heteroatoms. The zero-order valence-corrected chi connectivity index (χ0v) is 62.8. The van der Waals surface area contributed by atoms with Crippen LogP contribution in [-0.2, 0) is 32.7 Å². The second kappa shape index (κ2) is 74.8. The van der Waals surface area contributed by atoms with Gasteiger partial charge in [0.1, 0.15) is 19.8 Å². The second-order valence-corrected chi connectivity index (χ2v) is 26.3. The number of carbonyl (C=O) groups is 2. The van der Waals surface area contributed by atoms with Crippen molar-refractivity contribution < 1.29 is 42.1 Å². The first kappa shape index (κ1) is 91.5. The standard InChI is InChI=1S/C88H134NO8P/c1-6-8-10-12-14-16-18-20-22-24-26-28-30-32-34-36-38-40-41-42-43-44-45-46-47-49-51-53-55-57-59-61-63-65-67-69-71-73-75-77-79-81-88(91)97-86(85-96-98(92,93)95-83-82-89(3,4)5)84-94-87(90)80-78-76-74-72-70-68-66-64-62-60-58-56-54-52-50-48-39-37-35-33-31-29-27-25-23-21-19-17-15-13-11-9-7-2/h8-11,14-17,20-23,26-29,32-35,38-40,42-43,45-46,48-49,51-52,54-55,57-58,60-61,63-64,66-67,69,86H,6-7,12-13,18-19,24-25,30-31,36-37,41,44,47,50,53,56,59,62,65,68,70-85H2,1-5H3/p+1/b10-8-,11-9-,16-14-,17-15-,22-20-,23-21-,28-26-,29-27-,34-32-,35-33-,40-38-,43-42-,46-45-,48-39-,51-49-,54-52-,57-55-,60-58-,63-61-,66-64-,69-67-. The summed E-state index contributed by atoms with van der Waals surface area (Å²) in [5.41, 5.74) is 0. The first-order valence-corrected chi connectivity index (χ1v) is 38.9. The zero-order valence-electron chi connectivity index (χ0n) is 61.9. The van der Waals surface area contributed by atoms with E-state index in [1.165, 1.54) is 0 Å². The molecule has 0 aliphatic rings. The Morgan fingerprint density at radius 2 is 0.551 bits per heavy atom. The summed E-state index contributed by atoms with van der Waals surface area (Å²) in [6.07, 6.45) is 124. The maximum Gasteiger partial charge on any atom is 0.472 e. The molecule has 0 aromatic carbocycles. The van der Waals surface area contributed by atoms with Gasteiger partial charge in [-0.15, -0.1) is 0 Å². The smallest absolute Gasteiger partial charge is 0.462 e. The molecule has 0 saturated heterocycles. The molecule has 544 valence electrons. The van der Waals surface area contributed by atoms with Gasteiger partial charge >= 0.3 is 19.8 Å². The van der Waals surface area contributed by atoms with Crippen LogP contribution in [0.1, 0.15) is 232 Å². The Bertz CT molecular complexity index is 2610. The Labute approximate surface area is 599 Å². The predicted molar refractivity (Wildman–Crippen MR) is 426 cm³/mol. The number of nitrogens with zero attached hydrogens (tertiary/aromatic N) is 1. The van der Waals surface area contributed by atoms with E-state index in [4.69, 9.17) is 18.5 Å². The molecular weight excluding hydrogens is 1230 g/mol. The summed E-state index contributed by atoms with van der Waals surface area (Å²) in [6, 6.07) is 0. The second-order valence-electron chi connectivity index (χ2n) is 24.9. The lowest BCUT2D eigenvalue weighted by atomic mass is 10.1. The Kier molecular flexibility index (Phi) is 69.8. The monoisotopic (exact) mass is 1360 g/mol. The molecule has 0 saturated carbocycles. The Morgan fingerprint density at radius 1 is 0.316 bits per heavy atom. The average Bonchev–Trinajstić information content (AvgIpc) is 1.08. The molecule has 2 unspecified atom stereocenters. The number of rotatable bonds is 65. The first-order chi connectivity index (χ1) is 48.0. The van der Waals surface area contributed by atoms with Gasteiger partial charge in [0.2, 0.25) is 0 Å². The van der Waals surface area contributed by atoms with Crippen molar-refractivity contribution in [1.29, 1.82) is 0 Å². The van der Waals surface area contributed by atoms with Crippen LogP contribution in [0.4, 0.5) is 0 Å². The fraction of sp³-hybridized carbons (Fsp3) is 0.500. The molecule has 1 N–H and O–H groups in total. The maximum atomic E-state index is 12.9. The van der Waals surface area contributed by atoms with Gasteiger partial charge in [-0.05, 0) is 173 Å². The summed E-state index contributed by atoms with van der Waals surface area (Å²) in [5, 5.41) is 0. The van der Waals surface area contributed by atoms with Crippen molar-refractivity contribution in [3.63, 3.8) is 0 Å². The third kappa shape index (κ3) is 78.5. The molecule has 0 heterocycles. The van der Waals surface area contributed by atoms with E-state index < -0.39 is 32.5 Å². The fourth-order valence-electron chi connectivity index (χ4n) is 8.93. The van der Waals surface area contributed by atoms with Gasteiger partial charge in [-0.2, -0.15) is 0 Å². The van der Waals surface area contributed by atoms with Gasteiger partial charge in [-0.25, -0.2) is 4.57 Å². The molecule has 2 atom stereocenters. The van der Waals surface area contributed by atoms with Crippen LogP contribution < -0.4 is 0 Å². The quantitative estimate of drug-likeness (QED) is 0.0211. The molecule has 0 bridgehead atoms. The van der Waals surface area contributed by atoms with Crippen LogP contribution in [0.5, 0.6) is 0 Å². The summed E-state index contributed by atoms with van der Waals surface area (Å²) in [4.78, 5) is 35.9. The van der Waals surface area contributed by atoms with Crippen molar-refractivity contribution in [2.24, 2.45) is 0 Å². The molecule has 9 nitrogen and oxygen atoms in total. The van der Waals surface area contributed by atoms with Gasteiger partial charge in [0.15, 0.2) is 6.10 Å². The SMILES string of the molecule is CC/C=C\C/C=C\C/C=C\C/C=C\C/C=C\C/C=C\C/C=C\C/C=C\C/C=C\C/C=C\C/C=C\C/C=C\CCCCCCC(=O)OC(COC(=O)CCCCCCC/C=C\C/C=C\C/C=C\C/C=C\C/C=C\C/C=C\C/C=C\C/C=C\C/C=C\CC)COP(=O)(O)OCC[N+](C)(C)C. The number of phosphoric ester groups is 1. The predicted octanol–water partition coefficient (Wildman–Crippen LogP) is 25.3. The van der Waals surface area contributed by atoms with Gasteiger partial charge in [0.25, 0.3) is 0 Å². The van der Waals surface area contributed by atoms with E-state index in [1.54, 1.807) is 0 Å². The molecule has 0 spiro atoms. The molecular formula is C88H135NO8P+. The third-order valence-electron chi connectivity index (χ3n) is 14.6. The van der Waals surface area contributed by atoms with Gasteiger partial charge in [-0.3, -0.25) is 18.6 Å². The van der Waals surface area contributed by atoms with Crippen molar-refractivity contribution in [2.75, 3.05) is 47.5 Å². The minimum Gasteiger partial charge on any atom is -0.462 e. The van der Waals surface area contributed by atoms with E-state index in [0.29, 0.717) is 23.9 Å². The van der Waals surface area contributed by atoms with Crippen LogP contribution >= 0.6 is 7.82 Å². The van der Waals surface area contributed by atoms with E-state index in [-0.39, 0.29) is 26.1 Å². The summed E-state index contributed by atoms with van der Waals surface area (Å²) in [7, 11) is 1.41. The summed E-state index contributed by atoms with van der Waals surface area (Å²) in [6.45, 7) is 4.11. The van der Waals surface area contributed by atoms with E-state index in [9.17, 15) is 19.0 Å². The van der Waals surface area contributed by atoms with Crippen LogP contribution in [0.25, 0.3) is 0 Å². The van der Waals surface area contributed by atoms with E-state index >= 15 is 0 Å². The topological polar surface area (TPSA) is 108 Å². The molecule has 0 radical (unpaired) electrons. The molecule has 98 heavy (non-hydrogen) atoms. The molecule has 0 aromatic heterocycles. The fourth-order valence-corrected chi connectivity index (χ4v) is 9.67. The highest BCUT2D eigenvalue weighted by atomic mass is 31.2. The highest BCUT2D eigenvalue weighted by Gasteiger charge is 2.27. The molecule has 0 aliphatic carbocycles. The number of allylic oxidation sites excluding steroid dienone is 42. The maximum absolute atomic E-state index is 12.9. The van der Waals surface area contributed by atoms with Crippen molar-refractivity contribution in [1.82, 2.24) is 0 Å². The highest BCUT2D eigenvalue weighted by molar-refractivity contribution is 7.47. The number of quaternary nitrogens is 1. The zero-order chi connectivity index (χ0) is 71.1. The van der Waals surface area contributed by atoms with E-state index in [0.717, 1.165) is 193 Å². The van der Waals surface area contributed by atoms with Crippen molar-refractivity contribution in [2.45, 2.75) is 238 Å². The average molecular weight is 1370 g/mol. The normalized spacial score (nSPS) is 14.6. The number of hydrogen-bond acceptors (Lipinski definition) is 7. The van der Waals surface area contributed by atoms with Crippen LogP contribution in [0.15, 0.2) is 255 Å². The Morgan fingerprint density at radius 3 is 0.816 bits per heavy atom. The molecule has 0 aromatic rings. The molecule has 0 fully saturated rings. The van der Waals surface area contributed by atoms with Crippen LogP contribution in [0.2, 0.25) is 0 Å². The minimum absolute atomic E-state index is 0.00783. The number of likely N-dealkylation sites (N-methyl/N-ethyl adjacent to an activating group) is 1. The molecule has 0 aliphatic heterocycles. The van der Waals surface area contributed by atoms with Crippen molar-refractivity contribution in [3.8, 4) is 0 Å². The van der Waals surface area contributed by atoms with Crippen LogP contribution in [0.3, 0.4) is 0 Å². The lowest BCUT2D eigenvalue weighted by Gasteiger charge is -2.24. The lowest BCUT2D eigenvalue weighted by Crippen LogP contribution is -2.37. The summed E-state index contributed by atoms with van der Waals surface area (Å²) < 4.78 is 34.7. The largest absolute Gasteiger partial charge is 0.472 e. The summed E-state index contributed by atoms with van der Waals surface area (Å²) in [5.74, 6) is -0.871. The Hall–Kier alpha value is -6.45. The number of hydrogen-bond donors (Lipinski definition) is 1. The number of unbranched alkanes of at least 4 members (excludes halogenated alkanes) is 9. The first-order valence-electron chi connectivity index (χ1n) is 37.4. The number of esters is 2. The number of ether oxygens (including phenoxy) is 2. The molecule has 0 rings (SSSR count).